The third-order valence-corrected chi connectivity index (χ3v) is 1.16. The Morgan fingerprint density at radius 2 is 2.22 bits per heavy atom. The zero-order valence-corrected chi connectivity index (χ0v) is 5.14. The van der Waals surface area contributed by atoms with Gasteiger partial charge in [-0.05, 0) is 0 Å². The zero-order valence-electron chi connectivity index (χ0n) is 4.33. The van der Waals surface area contributed by atoms with Gasteiger partial charge in [-0.3, -0.25) is 4.79 Å². The highest BCUT2D eigenvalue weighted by atomic mass is 32.1. The average Bonchev–Trinajstić information content (AvgIpc) is 1.83. The van der Waals surface area contributed by atoms with Gasteiger partial charge in [0.2, 0.25) is 5.56 Å². The maximum Gasteiger partial charge on any atom is 0.308 e. The molecule has 1 rings (SSSR count). The summed E-state index contributed by atoms with van der Waals surface area (Å²) < 4.78 is 0.583. The molecule has 4 nitrogen and oxygen atoms in total. The van der Waals surface area contributed by atoms with E-state index in [4.69, 9.17) is 0 Å². The second kappa shape index (κ2) is 2.02. The van der Waals surface area contributed by atoms with Gasteiger partial charge in [0.15, 0.2) is 0 Å². The van der Waals surface area contributed by atoms with E-state index >= 15 is 0 Å². The molecule has 48 valence electrons. The lowest BCUT2D eigenvalue weighted by atomic mass is 10.7. The minimum atomic E-state index is -0.572. The fourth-order valence-corrected chi connectivity index (χ4v) is 0.524. The van der Waals surface area contributed by atoms with Crippen LogP contribution >= 0.6 is 0 Å². The Morgan fingerprint density at radius 3 is 2.67 bits per heavy atom. The number of rotatable bonds is 0. The van der Waals surface area contributed by atoms with Crippen molar-refractivity contribution in [3.05, 3.63) is 33.1 Å². The Hall–Kier alpha value is -1.10. The van der Waals surface area contributed by atoms with Crippen molar-refractivity contribution >= 4 is 12.8 Å². The third-order valence-electron chi connectivity index (χ3n) is 0.817. The molecule has 0 aliphatic carbocycles. The monoisotopic (exact) mass is 143 g/mol. The number of nitrogens with zero attached hydrogens (tertiary/aromatic N) is 1. The Balaban J connectivity index is 3.62. The van der Waals surface area contributed by atoms with Gasteiger partial charge in [-0.25, -0.2) is 4.79 Å². The molecule has 0 unspecified atom stereocenters. The number of hydrogen-bond donors (Lipinski definition) is 1. The summed E-state index contributed by atoms with van der Waals surface area (Å²) in [5.74, 6) is 0. The van der Waals surface area contributed by atoms with Crippen LogP contribution in [-0.2, 0) is 12.8 Å². The third kappa shape index (κ3) is 0.996. The molecule has 0 aliphatic rings. The maximum atomic E-state index is 10.5. The van der Waals surface area contributed by atoms with Crippen molar-refractivity contribution in [2.75, 3.05) is 0 Å². The molecular formula is C4H3N2O2S-. The molecule has 0 spiro atoms. The predicted molar refractivity (Wildman–Crippen MR) is 34.1 cm³/mol. The van der Waals surface area contributed by atoms with Gasteiger partial charge in [0, 0.05) is 12.3 Å². The van der Waals surface area contributed by atoms with Gasteiger partial charge in [0.1, 0.15) is 0 Å². The van der Waals surface area contributed by atoms with E-state index in [-0.39, 0.29) is 0 Å². The summed E-state index contributed by atoms with van der Waals surface area (Å²) in [5.41, 5.74) is -1.05. The van der Waals surface area contributed by atoms with Crippen molar-refractivity contribution in [2.45, 2.75) is 0 Å². The van der Waals surface area contributed by atoms with Crippen molar-refractivity contribution in [3.8, 4) is 0 Å². The van der Waals surface area contributed by atoms with E-state index in [0.29, 0.717) is 3.97 Å². The van der Waals surface area contributed by atoms with E-state index in [1.807, 2.05) is 0 Å². The van der Waals surface area contributed by atoms with Crippen molar-refractivity contribution in [1.29, 1.82) is 0 Å². The van der Waals surface area contributed by atoms with Crippen LogP contribution in [0, 0.1) is 0 Å². The summed E-state index contributed by atoms with van der Waals surface area (Å²) in [6.45, 7) is 0. The van der Waals surface area contributed by atoms with Crippen LogP contribution in [0.5, 0.6) is 0 Å². The highest BCUT2D eigenvalue weighted by molar-refractivity contribution is 7.56. The molecule has 9 heavy (non-hydrogen) atoms. The summed E-state index contributed by atoms with van der Waals surface area (Å²) in [7, 11) is 0. The maximum absolute atomic E-state index is 10.5. The number of H-pyrrole nitrogens is 1. The molecule has 1 heterocycles. The molecule has 0 bridgehead atoms. The molecule has 0 fully saturated rings. The van der Waals surface area contributed by atoms with E-state index < -0.39 is 11.2 Å². The van der Waals surface area contributed by atoms with Crippen LogP contribution in [0.15, 0.2) is 21.9 Å². The Labute approximate surface area is 55.7 Å². The molecule has 1 N–H and O–H groups in total. The minimum Gasteiger partial charge on any atom is -0.679 e. The Bertz CT molecular complexity index is 285. The highest BCUT2D eigenvalue weighted by Gasteiger charge is 1.82. The quantitative estimate of drug-likeness (QED) is 0.466. The molecule has 0 saturated heterocycles. The predicted octanol–water partition coefficient (Wildman–Crippen LogP) is -1.15. The first kappa shape index (κ1) is 6.03. The van der Waals surface area contributed by atoms with Gasteiger partial charge in [-0.2, -0.15) is 0 Å². The minimum absolute atomic E-state index is 0.478. The fourth-order valence-electron chi connectivity index (χ4n) is 0.411. The Morgan fingerprint density at radius 1 is 1.56 bits per heavy atom. The summed E-state index contributed by atoms with van der Waals surface area (Å²) >= 11 is 4.35. The van der Waals surface area contributed by atoms with Crippen LogP contribution in [0.25, 0.3) is 0 Å². The normalized spacial score (nSPS) is 9.33. The molecule has 1 aromatic rings. The van der Waals surface area contributed by atoms with Crippen LogP contribution in [0.3, 0.4) is 0 Å². The number of nitrogens with one attached hydrogen (secondary N) is 1. The standard InChI is InChI=1S/C4H3N2O2S/c7-3-1-2-5-4(8)6(3)9/h1-2H,(H,5,8)/q-1. The first-order chi connectivity index (χ1) is 4.22. The van der Waals surface area contributed by atoms with Crippen molar-refractivity contribution < 1.29 is 0 Å². The smallest absolute Gasteiger partial charge is 0.308 e. The summed E-state index contributed by atoms with van der Waals surface area (Å²) in [4.78, 5) is 23.2. The molecule has 5 heteroatoms. The Kier molecular flexibility index (Phi) is 1.35. The van der Waals surface area contributed by atoms with Crippen molar-refractivity contribution in [2.24, 2.45) is 0 Å². The number of aromatic amines is 1. The lowest BCUT2D eigenvalue weighted by molar-refractivity contribution is 0.984. The van der Waals surface area contributed by atoms with Gasteiger partial charge >= 0.3 is 5.69 Å². The van der Waals surface area contributed by atoms with Crippen molar-refractivity contribution in [1.82, 2.24) is 8.96 Å². The first-order valence-electron chi connectivity index (χ1n) is 2.20. The highest BCUT2D eigenvalue weighted by Crippen LogP contribution is 1.58. The van der Waals surface area contributed by atoms with Gasteiger partial charge in [0.25, 0.3) is 0 Å². The van der Waals surface area contributed by atoms with Crippen LogP contribution < -0.4 is 11.2 Å². The summed E-state index contributed by atoms with van der Waals surface area (Å²) in [6, 6.07) is 1.19. The molecule has 0 aromatic carbocycles. The van der Waals surface area contributed by atoms with E-state index in [2.05, 4.69) is 17.8 Å². The molecule has 0 radical (unpaired) electrons. The topological polar surface area (TPSA) is 54.9 Å². The second-order valence-corrected chi connectivity index (χ2v) is 1.78. The van der Waals surface area contributed by atoms with Crippen molar-refractivity contribution in [3.63, 3.8) is 0 Å². The largest absolute Gasteiger partial charge is 0.679 e. The van der Waals surface area contributed by atoms with Crippen LogP contribution in [0.1, 0.15) is 0 Å². The molecule has 0 amide bonds. The summed E-state index contributed by atoms with van der Waals surface area (Å²) in [5, 5.41) is 0. The van der Waals surface area contributed by atoms with Gasteiger partial charge in [-0.1, -0.05) is 0 Å². The molecule has 0 atom stereocenters. The SMILES string of the molecule is O=c1cc[nH]c(=O)n1[S-]. The van der Waals surface area contributed by atoms with Gasteiger partial charge in [0.05, 0.1) is 0 Å². The summed E-state index contributed by atoms with van der Waals surface area (Å²) in [6.07, 6.45) is 1.26. The first-order valence-corrected chi connectivity index (χ1v) is 2.56. The van der Waals surface area contributed by atoms with E-state index in [9.17, 15) is 9.59 Å². The van der Waals surface area contributed by atoms with E-state index in [1.54, 1.807) is 0 Å². The van der Waals surface area contributed by atoms with Crippen LogP contribution in [0.4, 0.5) is 0 Å². The average molecular weight is 143 g/mol. The van der Waals surface area contributed by atoms with Crippen LogP contribution in [-0.4, -0.2) is 8.96 Å². The zero-order chi connectivity index (χ0) is 6.85. The van der Waals surface area contributed by atoms with Gasteiger partial charge < -0.3 is 21.8 Å². The molecule has 1 aromatic heterocycles. The van der Waals surface area contributed by atoms with Gasteiger partial charge in [-0.15, -0.1) is 0 Å². The lowest BCUT2D eigenvalue weighted by Gasteiger charge is -2.03. The van der Waals surface area contributed by atoms with E-state index in [1.165, 1.54) is 12.3 Å². The molecular weight excluding hydrogens is 140 g/mol. The molecule has 0 aliphatic heterocycles. The lowest BCUT2D eigenvalue weighted by Crippen LogP contribution is -2.29. The van der Waals surface area contributed by atoms with Crippen LogP contribution in [0.2, 0.25) is 0 Å². The number of hydrogen-bond acceptors (Lipinski definition) is 3. The second-order valence-electron chi connectivity index (χ2n) is 1.42. The number of aromatic nitrogens is 2. The fraction of sp³-hybridized carbons (Fsp3) is 0. The van der Waals surface area contributed by atoms with E-state index in [0.717, 1.165) is 0 Å². The molecule has 0 saturated carbocycles.